The molecule has 1 aromatic heterocycles. The van der Waals surface area contributed by atoms with E-state index in [9.17, 15) is 4.79 Å². The predicted molar refractivity (Wildman–Crippen MR) is 119 cm³/mol. The Morgan fingerprint density at radius 3 is 2.45 bits per heavy atom. The van der Waals surface area contributed by atoms with Crippen molar-refractivity contribution in [3.63, 3.8) is 0 Å². The lowest BCUT2D eigenvalue weighted by Gasteiger charge is -2.18. The topological polar surface area (TPSA) is 57.3 Å². The van der Waals surface area contributed by atoms with Crippen LogP contribution in [0.15, 0.2) is 66.9 Å². The number of anilines is 4. The van der Waals surface area contributed by atoms with E-state index in [-0.39, 0.29) is 5.91 Å². The third-order valence-corrected chi connectivity index (χ3v) is 5.11. The Labute approximate surface area is 171 Å². The number of rotatable bonds is 6. The second-order valence-corrected chi connectivity index (χ2v) is 7.51. The van der Waals surface area contributed by atoms with Gasteiger partial charge in [0.2, 0.25) is 5.91 Å². The zero-order chi connectivity index (χ0) is 20.1. The van der Waals surface area contributed by atoms with Gasteiger partial charge in [0.1, 0.15) is 5.82 Å². The third-order valence-electron chi connectivity index (χ3n) is 5.11. The summed E-state index contributed by atoms with van der Waals surface area (Å²) in [5.74, 6) is 0.485. The minimum atomic E-state index is -0.0682. The van der Waals surface area contributed by atoms with Crippen molar-refractivity contribution in [3.05, 3.63) is 78.0 Å². The van der Waals surface area contributed by atoms with Crippen LogP contribution < -0.4 is 15.5 Å². The van der Waals surface area contributed by atoms with E-state index in [2.05, 4.69) is 44.8 Å². The summed E-state index contributed by atoms with van der Waals surface area (Å²) >= 11 is 0. The Kier molecular flexibility index (Phi) is 5.75. The number of benzene rings is 2. The van der Waals surface area contributed by atoms with Gasteiger partial charge >= 0.3 is 0 Å². The highest BCUT2D eigenvalue weighted by molar-refractivity contribution is 5.91. The van der Waals surface area contributed by atoms with Crippen LogP contribution in [0.2, 0.25) is 0 Å². The molecule has 1 aliphatic heterocycles. The molecule has 148 valence electrons. The summed E-state index contributed by atoms with van der Waals surface area (Å²) in [4.78, 5) is 19.0. The Morgan fingerprint density at radius 1 is 1.00 bits per heavy atom. The molecule has 0 radical (unpaired) electrons. The lowest BCUT2D eigenvalue weighted by atomic mass is 10.1. The number of aryl methyl sites for hydroxylation is 1. The average molecular weight is 386 g/mol. The van der Waals surface area contributed by atoms with Crippen LogP contribution in [0.3, 0.4) is 0 Å². The normalized spacial score (nSPS) is 13.3. The van der Waals surface area contributed by atoms with Gasteiger partial charge in [-0.2, -0.15) is 0 Å². The summed E-state index contributed by atoms with van der Waals surface area (Å²) in [7, 11) is 0. The molecule has 1 amide bonds. The van der Waals surface area contributed by atoms with Gasteiger partial charge in [0, 0.05) is 24.5 Å². The monoisotopic (exact) mass is 386 g/mol. The smallest absolute Gasteiger partial charge is 0.229 e. The molecule has 2 aromatic carbocycles. The van der Waals surface area contributed by atoms with Crippen LogP contribution in [0.5, 0.6) is 0 Å². The highest BCUT2D eigenvalue weighted by atomic mass is 16.1. The predicted octanol–water partition coefficient (Wildman–Crippen LogP) is 4.92. The number of carbonyl (C=O) groups excluding carboxylic acids is 1. The van der Waals surface area contributed by atoms with E-state index >= 15 is 0 Å². The molecule has 0 spiro atoms. The first-order valence-electron chi connectivity index (χ1n) is 10.1. The van der Waals surface area contributed by atoms with Crippen molar-refractivity contribution in [1.29, 1.82) is 0 Å². The van der Waals surface area contributed by atoms with Gasteiger partial charge in [0.25, 0.3) is 0 Å². The Balaban J connectivity index is 1.32. The lowest BCUT2D eigenvalue weighted by Crippen LogP contribution is -2.17. The fourth-order valence-electron chi connectivity index (χ4n) is 3.63. The van der Waals surface area contributed by atoms with Gasteiger partial charge < -0.3 is 15.5 Å². The molecular formula is C24H26N4O. The number of carbonyl (C=O) groups is 1. The number of aromatic nitrogens is 1. The molecule has 5 nitrogen and oxygen atoms in total. The standard InChI is InChI=1S/C24H26N4O/c1-18-5-4-6-19(15-18)16-24(29)27-23-12-9-21(17-25-23)26-20-7-10-22(11-8-20)28-13-2-3-14-28/h4-12,15,17,26H,2-3,13-14,16H2,1H3,(H,25,27,29). The van der Waals surface area contributed by atoms with Gasteiger partial charge in [-0.25, -0.2) is 4.98 Å². The number of amides is 1. The van der Waals surface area contributed by atoms with Crippen LogP contribution in [0, 0.1) is 6.92 Å². The van der Waals surface area contributed by atoms with E-state index < -0.39 is 0 Å². The Hall–Kier alpha value is -3.34. The van der Waals surface area contributed by atoms with Gasteiger partial charge in [0.15, 0.2) is 0 Å². The summed E-state index contributed by atoms with van der Waals surface area (Å²) < 4.78 is 0. The molecular weight excluding hydrogens is 360 g/mol. The molecule has 0 saturated carbocycles. The molecule has 5 heteroatoms. The van der Waals surface area contributed by atoms with Crippen LogP contribution in [0.25, 0.3) is 0 Å². The van der Waals surface area contributed by atoms with Crippen molar-refractivity contribution in [1.82, 2.24) is 4.98 Å². The Morgan fingerprint density at radius 2 is 1.76 bits per heavy atom. The first-order chi connectivity index (χ1) is 14.2. The maximum atomic E-state index is 12.2. The maximum Gasteiger partial charge on any atom is 0.229 e. The van der Waals surface area contributed by atoms with Crippen molar-refractivity contribution in [2.45, 2.75) is 26.2 Å². The largest absolute Gasteiger partial charge is 0.372 e. The Bertz CT molecular complexity index is 961. The number of hydrogen-bond acceptors (Lipinski definition) is 4. The van der Waals surface area contributed by atoms with Crippen LogP contribution in [-0.4, -0.2) is 24.0 Å². The van der Waals surface area contributed by atoms with E-state index in [4.69, 9.17) is 0 Å². The average Bonchev–Trinajstić information content (AvgIpc) is 3.25. The molecule has 1 saturated heterocycles. The summed E-state index contributed by atoms with van der Waals surface area (Å²) in [6.07, 6.45) is 4.63. The molecule has 29 heavy (non-hydrogen) atoms. The van der Waals surface area contributed by atoms with Crippen LogP contribution >= 0.6 is 0 Å². The van der Waals surface area contributed by atoms with Gasteiger partial charge in [-0.1, -0.05) is 29.8 Å². The minimum absolute atomic E-state index is 0.0682. The van der Waals surface area contributed by atoms with Crippen molar-refractivity contribution in [3.8, 4) is 0 Å². The summed E-state index contributed by atoms with van der Waals surface area (Å²) in [5, 5.41) is 6.21. The number of pyridine rings is 1. The van der Waals surface area contributed by atoms with Crippen molar-refractivity contribution in [2.24, 2.45) is 0 Å². The van der Waals surface area contributed by atoms with Crippen LogP contribution in [0.1, 0.15) is 24.0 Å². The fourth-order valence-corrected chi connectivity index (χ4v) is 3.63. The highest BCUT2D eigenvalue weighted by Gasteiger charge is 2.11. The molecule has 0 atom stereocenters. The van der Waals surface area contributed by atoms with Gasteiger partial charge in [-0.15, -0.1) is 0 Å². The molecule has 2 heterocycles. The second kappa shape index (κ2) is 8.78. The van der Waals surface area contributed by atoms with Crippen LogP contribution in [0.4, 0.5) is 22.9 Å². The van der Waals surface area contributed by atoms with E-state index in [0.29, 0.717) is 12.2 Å². The number of nitrogens with one attached hydrogen (secondary N) is 2. The molecule has 0 unspecified atom stereocenters. The fraction of sp³-hybridized carbons (Fsp3) is 0.250. The molecule has 0 bridgehead atoms. The zero-order valence-corrected chi connectivity index (χ0v) is 16.7. The van der Waals surface area contributed by atoms with Crippen molar-refractivity contribution in [2.75, 3.05) is 28.6 Å². The highest BCUT2D eigenvalue weighted by Crippen LogP contribution is 2.24. The van der Waals surface area contributed by atoms with Gasteiger partial charge in [0.05, 0.1) is 18.3 Å². The zero-order valence-electron chi connectivity index (χ0n) is 16.7. The molecule has 4 rings (SSSR count). The molecule has 0 aliphatic carbocycles. The number of nitrogens with zero attached hydrogens (tertiary/aromatic N) is 2. The van der Waals surface area contributed by atoms with Gasteiger partial charge in [-0.05, 0) is 61.7 Å². The SMILES string of the molecule is Cc1cccc(CC(=O)Nc2ccc(Nc3ccc(N4CCCC4)cc3)cn2)c1. The first-order valence-corrected chi connectivity index (χ1v) is 10.1. The van der Waals surface area contributed by atoms with Crippen molar-refractivity contribution < 1.29 is 4.79 Å². The van der Waals surface area contributed by atoms with E-state index in [1.54, 1.807) is 6.20 Å². The third kappa shape index (κ3) is 5.13. The summed E-state index contributed by atoms with van der Waals surface area (Å²) in [6, 6.07) is 20.2. The quantitative estimate of drug-likeness (QED) is 0.632. The minimum Gasteiger partial charge on any atom is -0.372 e. The molecule has 2 N–H and O–H groups in total. The molecule has 1 fully saturated rings. The second-order valence-electron chi connectivity index (χ2n) is 7.51. The molecule has 3 aromatic rings. The summed E-state index contributed by atoms with van der Waals surface area (Å²) in [5.41, 5.74) is 5.33. The lowest BCUT2D eigenvalue weighted by molar-refractivity contribution is -0.115. The molecule has 1 aliphatic rings. The van der Waals surface area contributed by atoms with Crippen LogP contribution in [-0.2, 0) is 11.2 Å². The summed E-state index contributed by atoms with van der Waals surface area (Å²) in [6.45, 7) is 4.32. The van der Waals surface area contributed by atoms with Crippen molar-refractivity contribution >= 4 is 28.8 Å². The van der Waals surface area contributed by atoms with E-state index in [0.717, 1.165) is 35.6 Å². The maximum absolute atomic E-state index is 12.2. The number of hydrogen-bond donors (Lipinski definition) is 2. The van der Waals surface area contributed by atoms with E-state index in [1.807, 2.05) is 43.3 Å². The van der Waals surface area contributed by atoms with Gasteiger partial charge in [-0.3, -0.25) is 4.79 Å². The van der Waals surface area contributed by atoms with E-state index in [1.165, 1.54) is 18.5 Å². The first kappa shape index (κ1) is 19.0.